The minimum Gasteiger partial charge on any atom is -0.338 e. The van der Waals surface area contributed by atoms with Crippen molar-refractivity contribution in [1.82, 2.24) is 9.97 Å². The minimum absolute atomic E-state index is 0.263. The molecule has 0 saturated carbocycles. The molecule has 0 spiro atoms. The van der Waals surface area contributed by atoms with Gasteiger partial charge in [0.1, 0.15) is 11.6 Å². The Bertz CT molecular complexity index is 734. The number of nitrogens with zero attached hydrogens (tertiary/aromatic N) is 1. The Morgan fingerprint density at radius 3 is 2.89 bits per heavy atom. The highest BCUT2D eigenvalue weighted by Gasteiger charge is 2.10. The van der Waals surface area contributed by atoms with E-state index < -0.39 is 0 Å². The molecule has 1 N–H and O–H groups in total. The average molecular weight is 305 g/mol. The molecule has 0 fully saturated rings. The Balaban J connectivity index is 2.22. The van der Waals surface area contributed by atoms with Gasteiger partial charge in [0, 0.05) is 10.0 Å². The number of aryl methyl sites for hydroxylation is 1. The van der Waals surface area contributed by atoms with Gasteiger partial charge in [-0.15, -0.1) is 0 Å². The number of rotatable bonds is 1. The summed E-state index contributed by atoms with van der Waals surface area (Å²) in [6.45, 7) is 2.02. The highest BCUT2D eigenvalue weighted by Crippen LogP contribution is 2.30. The van der Waals surface area contributed by atoms with E-state index in [9.17, 15) is 4.39 Å². The topological polar surface area (TPSA) is 28.7 Å². The molecule has 0 aliphatic rings. The summed E-state index contributed by atoms with van der Waals surface area (Å²) in [6, 6.07) is 10.5. The van der Waals surface area contributed by atoms with Crippen LogP contribution in [0.4, 0.5) is 4.39 Å². The molecule has 0 aliphatic heterocycles. The van der Waals surface area contributed by atoms with Crippen LogP contribution in [-0.4, -0.2) is 9.97 Å². The van der Waals surface area contributed by atoms with E-state index in [4.69, 9.17) is 0 Å². The van der Waals surface area contributed by atoms with Gasteiger partial charge in [-0.2, -0.15) is 0 Å². The molecular weight excluding hydrogens is 295 g/mol. The van der Waals surface area contributed by atoms with Gasteiger partial charge in [-0.25, -0.2) is 9.37 Å². The fourth-order valence-corrected chi connectivity index (χ4v) is 2.39. The van der Waals surface area contributed by atoms with Crippen LogP contribution in [0.1, 0.15) is 5.56 Å². The summed E-state index contributed by atoms with van der Waals surface area (Å²) in [5, 5.41) is 0. The molecule has 0 atom stereocenters. The number of imidazole rings is 1. The maximum atomic E-state index is 13.1. The van der Waals surface area contributed by atoms with Crippen molar-refractivity contribution >= 4 is 27.0 Å². The SMILES string of the molecule is Cc1cccc(-c2nc3ccc(F)cc3[nH]2)c1Br. The molecule has 90 valence electrons. The molecule has 1 aromatic heterocycles. The second kappa shape index (κ2) is 4.21. The average Bonchev–Trinajstić information content (AvgIpc) is 2.75. The van der Waals surface area contributed by atoms with E-state index in [0.29, 0.717) is 5.52 Å². The van der Waals surface area contributed by atoms with E-state index in [0.717, 1.165) is 26.9 Å². The van der Waals surface area contributed by atoms with Crippen LogP contribution >= 0.6 is 15.9 Å². The van der Waals surface area contributed by atoms with Crippen molar-refractivity contribution in [2.45, 2.75) is 6.92 Å². The third kappa shape index (κ3) is 1.82. The highest BCUT2D eigenvalue weighted by molar-refractivity contribution is 9.10. The van der Waals surface area contributed by atoms with Crippen molar-refractivity contribution in [1.29, 1.82) is 0 Å². The number of hydrogen-bond donors (Lipinski definition) is 1. The van der Waals surface area contributed by atoms with Crippen LogP contribution in [0.25, 0.3) is 22.4 Å². The van der Waals surface area contributed by atoms with Gasteiger partial charge in [-0.05, 0) is 46.6 Å². The van der Waals surface area contributed by atoms with Gasteiger partial charge >= 0.3 is 0 Å². The molecule has 0 unspecified atom stereocenters. The van der Waals surface area contributed by atoms with Gasteiger partial charge in [-0.3, -0.25) is 0 Å². The van der Waals surface area contributed by atoms with Crippen molar-refractivity contribution in [2.24, 2.45) is 0 Å². The Morgan fingerprint density at radius 1 is 1.22 bits per heavy atom. The second-order valence-electron chi connectivity index (χ2n) is 4.18. The number of benzene rings is 2. The largest absolute Gasteiger partial charge is 0.338 e. The molecule has 3 aromatic rings. The lowest BCUT2D eigenvalue weighted by Crippen LogP contribution is -1.84. The van der Waals surface area contributed by atoms with Crippen LogP contribution in [0, 0.1) is 12.7 Å². The number of halogens is 2. The Kier molecular flexibility index (Phi) is 2.67. The third-order valence-corrected chi connectivity index (χ3v) is 3.94. The molecular formula is C14H10BrFN2. The molecule has 2 aromatic carbocycles. The molecule has 0 aliphatic carbocycles. The number of aromatic amines is 1. The number of nitrogens with one attached hydrogen (secondary N) is 1. The van der Waals surface area contributed by atoms with E-state index >= 15 is 0 Å². The van der Waals surface area contributed by atoms with Gasteiger partial charge in [0.05, 0.1) is 11.0 Å². The maximum absolute atomic E-state index is 13.1. The van der Waals surface area contributed by atoms with Gasteiger partial charge in [-0.1, -0.05) is 18.2 Å². The summed E-state index contributed by atoms with van der Waals surface area (Å²) >= 11 is 3.55. The highest BCUT2D eigenvalue weighted by atomic mass is 79.9. The first kappa shape index (κ1) is 11.4. The molecule has 0 bridgehead atoms. The van der Waals surface area contributed by atoms with Crippen molar-refractivity contribution in [3.05, 3.63) is 52.3 Å². The first-order valence-corrected chi connectivity index (χ1v) is 6.35. The quantitative estimate of drug-likeness (QED) is 0.707. The molecule has 2 nitrogen and oxygen atoms in total. The number of H-pyrrole nitrogens is 1. The van der Waals surface area contributed by atoms with Gasteiger partial charge in [0.25, 0.3) is 0 Å². The van der Waals surface area contributed by atoms with Crippen molar-refractivity contribution in [3.63, 3.8) is 0 Å². The van der Waals surface area contributed by atoms with Crippen LogP contribution in [-0.2, 0) is 0 Å². The fourth-order valence-electron chi connectivity index (χ4n) is 1.94. The van der Waals surface area contributed by atoms with Crippen LogP contribution in [0.5, 0.6) is 0 Å². The van der Waals surface area contributed by atoms with Crippen molar-refractivity contribution < 1.29 is 4.39 Å². The summed E-state index contributed by atoms with van der Waals surface area (Å²) in [5.41, 5.74) is 3.59. The molecule has 18 heavy (non-hydrogen) atoms. The molecule has 0 radical (unpaired) electrons. The van der Waals surface area contributed by atoms with Gasteiger partial charge < -0.3 is 4.98 Å². The zero-order chi connectivity index (χ0) is 12.7. The van der Waals surface area contributed by atoms with Crippen molar-refractivity contribution in [3.8, 4) is 11.4 Å². The predicted molar refractivity (Wildman–Crippen MR) is 73.9 cm³/mol. The first-order chi connectivity index (χ1) is 8.65. The van der Waals surface area contributed by atoms with E-state index in [1.807, 2.05) is 25.1 Å². The lowest BCUT2D eigenvalue weighted by molar-refractivity contribution is 0.629. The van der Waals surface area contributed by atoms with Crippen LogP contribution < -0.4 is 0 Å². The van der Waals surface area contributed by atoms with Crippen molar-refractivity contribution in [2.75, 3.05) is 0 Å². The number of hydrogen-bond acceptors (Lipinski definition) is 1. The summed E-state index contributed by atoms with van der Waals surface area (Å²) in [4.78, 5) is 7.61. The van der Waals surface area contributed by atoms with Gasteiger partial charge in [0.15, 0.2) is 0 Å². The fraction of sp³-hybridized carbons (Fsp3) is 0.0714. The summed E-state index contributed by atoms with van der Waals surface area (Å²) < 4.78 is 14.1. The zero-order valence-electron chi connectivity index (χ0n) is 9.67. The molecule has 3 rings (SSSR count). The van der Waals surface area contributed by atoms with Crippen LogP contribution in [0.15, 0.2) is 40.9 Å². The molecule has 4 heteroatoms. The Labute approximate surface area is 112 Å². The summed E-state index contributed by atoms with van der Waals surface area (Å²) in [5.74, 6) is 0.479. The Hall–Kier alpha value is -1.68. The molecule has 0 amide bonds. The number of fused-ring (bicyclic) bond motifs is 1. The van der Waals surface area contributed by atoms with E-state index in [1.54, 1.807) is 6.07 Å². The lowest BCUT2D eigenvalue weighted by Gasteiger charge is -2.03. The summed E-state index contributed by atoms with van der Waals surface area (Å²) in [7, 11) is 0. The maximum Gasteiger partial charge on any atom is 0.139 e. The number of aromatic nitrogens is 2. The molecule has 0 saturated heterocycles. The monoisotopic (exact) mass is 304 g/mol. The second-order valence-corrected chi connectivity index (χ2v) is 4.98. The summed E-state index contributed by atoms with van der Waals surface area (Å²) in [6.07, 6.45) is 0. The molecule has 1 heterocycles. The van der Waals surface area contributed by atoms with E-state index in [-0.39, 0.29) is 5.82 Å². The first-order valence-electron chi connectivity index (χ1n) is 5.56. The van der Waals surface area contributed by atoms with E-state index in [2.05, 4.69) is 25.9 Å². The normalized spacial score (nSPS) is 11.1. The lowest BCUT2D eigenvalue weighted by atomic mass is 10.1. The van der Waals surface area contributed by atoms with Crippen LogP contribution in [0.2, 0.25) is 0 Å². The minimum atomic E-state index is -0.263. The van der Waals surface area contributed by atoms with Gasteiger partial charge in [0.2, 0.25) is 0 Å². The van der Waals surface area contributed by atoms with Crippen LogP contribution in [0.3, 0.4) is 0 Å². The zero-order valence-corrected chi connectivity index (χ0v) is 11.3. The third-order valence-electron chi connectivity index (χ3n) is 2.89. The Morgan fingerprint density at radius 2 is 2.06 bits per heavy atom. The van der Waals surface area contributed by atoms with E-state index in [1.165, 1.54) is 12.1 Å². The standard InChI is InChI=1S/C14H10BrFN2/c1-8-3-2-4-10(13(8)15)14-17-11-6-5-9(16)7-12(11)18-14/h2-7H,1H3,(H,17,18). The smallest absolute Gasteiger partial charge is 0.139 e. The predicted octanol–water partition coefficient (Wildman–Crippen LogP) is 4.44.